The zero-order valence-corrected chi connectivity index (χ0v) is 12.8. The van der Waals surface area contributed by atoms with E-state index < -0.39 is 5.41 Å². The van der Waals surface area contributed by atoms with Crippen molar-refractivity contribution in [1.82, 2.24) is 9.80 Å². The first kappa shape index (κ1) is 15.8. The molecule has 0 aromatic carbocycles. The largest absolute Gasteiger partial charge is 0.469 e. The van der Waals surface area contributed by atoms with Gasteiger partial charge in [0.25, 0.3) is 0 Å². The number of esters is 1. The van der Waals surface area contributed by atoms with E-state index in [-0.39, 0.29) is 11.9 Å². The summed E-state index contributed by atoms with van der Waals surface area (Å²) in [6, 6.07) is 2.24. The summed E-state index contributed by atoms with van der Waals surface area (Å²) >= 11 is 0. The number of rotatable bonds is 4. The Bertz CT molecular complexity index is 444. The van der Waals surface area contributed by atoms with Crippen molar-refractivity contribution in [3.8, 4) is 6.07 Å². The first-order valence-electron chi connectivity index (χ1n) is 7.50. The molecule has 0 N–H and O–H groups in total. The van der Waals surface area contributed by atoms with Crippen LogP contribution in [0.25, 0.3) is 0 Å². The molecule has 0 radical (unpaired) electrons. The van der Waals surface area contributed by atoms with Crippen molar-refractivity contribution in [2.75, 3.05) is 39.8 Å². The van der Waals surface area contributed by atoms with Gasteiger partial charge in [-0.1, -0.05) is 6.92 Å². The van der Waals surface area contributed by atoms with Crippen LogP contribution in [-0.2, 0) is 14.3 Å². The van der Waals surface area contributed by atoms with E-state index in [0.717, 1.165) is 13.1 Å². The highest BCUT2D eigenvalue weighted by molar-refractivity contribution is 5.86. The molecule has 0 aromatic rings. The molecule has 2 rings (SSSR count). The molecule has 0 atom stereocenters. The average molecular weight is 293 g/mol. The molecule has 1 heterocycles. The maximum atomic E-state index is 12.5. The third kappa shape index (κ3) is 3.35. The number of hydrogen-bond donors (Lipinski definition) is 0. The molecule has 1 aliphatic carbocycles. The van der Waals surface area contributed by atoms with Crippen LogP contribution < -0.4 is 0 Å². The lowest BCUT2D eigenvalue weighted by atomic mass is 9.62. The summed E-state index contributed by atoms with van der Waals surface area (Å²) in [5, 5.41) is 9.32. The molecule has 1 amide bonds. The molecule has 0 bridgehead atoms. The fourth-order valence-electron chi connectivity index (χ4n) is 3.27. The fourth-order valence-corrected chi connectivity index (χ4v) is 3.27. The van der Waals surface area contributed by atoms with Gasteiger partial charge in [-0.3, -0.25) is 14.5 Å². The maximum absolute atomic E-state index is 12.5. The van der Waals surface area contributed by atoms with Gasteiger partial charge in [0.1, 0.15) is 5.41 Å². The van der Waals surface area contributed by atoms with Crippen molar-refractivity contribution in [3.05, 3.63) is 0 Å². The van der Waals surface area contributed by atoms with Crippen LogP contribution >= 0.6 is 0 Å². The van der Waals surface area contributed by atoms with Crippen LogP contribution in [0.15, 0.2) is 0 Å². The van der Waals surface area contributed by atoms with E-state index in [4.69, 9.17) is 0 Å². The number of nitriles is 1. The summed E-state index contributed by atoms with van der Waals surface area (Å²) < 4.78 is 4.63. The van der Waals surface area contributed by atoms with Gasteiger partial charge in [0.15, 0.2) is 0 Å². The minimum Gasteiger partial charge on any atom is -0.469 e. The minimum atomic E-state index is -0.770. The molecular formula is C15H23N3O3. The Kier molecular flexibility index (Phi) is 4.84. The lowest BCUT2D eigenvalue weighted by molar-refractivity contribution is -0.147. The quantitative estimate of drug-likeness (QED) is 0.711. The van der Waals surface area contributed by atoms with Gasteiger partial charge in [-0.15, -0.1) is 0 Å². The monoisotopic (exact) mass is 293 g/mol. The van der Waals surface area contributed by atoms with E-state index >= 15 is 0 Å². The van der Waals surface area contributed by atoms with Crippen molar-refractivity contribution >= 4 is 11.9 Å². The molecule has 1 aliphatic heterocycles. The van der Waals surface area contributed by atoms with Crippen LogP contribution in [0.5, 0.6) is 0 Å². The zero-order chi connectivity index (χ0) is 15.5. The lowest BCUT2D eigenvalue weighted by Crippen LogP contribution is -2.56. The SMILES string of the molecule is COC(=O)CCN1CCN(C(=O)C2(C#N)CC(C)C2)CC1. The summed E-state index contributed by atoms with van der Waals surface area (Å²) in [6.07, 6.45) is 1.75. The Morgan fingerprint density at radius 2 is 1.90 bits per heavy atom. The number of carbonyl (C=O) groups excluding carboxylic acids is 2. The normalized spacial score (nSPS) is 29.4. The topological polar surface area (TPSA) is 73.6 Å². The molecule has 21 heavy (non-hydrogen) atoms. The van der Waals surface area contributed by atoms with E-state index in [1.807, 2.05) is 4.90 Å². The van der Waals surface area contributed by atoms with Crippen molar-refractivity contribution in [2.45, 2.75) is 26.2 Å². The average Bonchev–Trinajstić information content (AvgIpc) is 2.49. The van der Waals surface area contributed by atoms with E-state index in [2.05, 4.69) is 22.6 Å². The number of methoxy groups -OCH3 is 1. The molecule has 0 unspecified atom stereocenters. The van der Waals surface area contributed by atoms with Gasteiger partial charge >= 0.3 is 5.97 Å². The predicted octanol–water partition coefficient (Wildman–Crippen LogP) is 0.634. The van der Waals surface area contributed by atoms with Crippen molar-refractivity contribution < 1.29 is 14.3 Å². The number of carbonyl (C=O) groups is 2. The van der Waals surface area contributed by atoms with Gasteiger partial charge in [0.05, 0.1) is 19.6 Å². The Morgan fingerprint density at radius 3 is 2.38 bits per heavy atom. The van der Waals surface area contributed by atoms with Gasteiger partial charge in [-0.2, -0.15) is 5.26 Å². The smallest absolute Gasteiger partial charge is 0.306 e. The van der Waals surface area contributed by atoms with Crippen molar-refractivity contribution in [1.29, 1.82) is 5.26 Å². The van der Waals surface area contributed by atoms with Gasteiger partial charge in [0, 0.05) is 32.7 Å². The molecule has 0 aromatic heterocycles. The van der Waals surface area contributed by atoms with Gasteiger partial charge < -0.3 is 9.64 Å². The number of nitrogens with zero attached hydrogens (tertiary/aromatic N) is 3. The van der Waals surface area contributed by atoms with Gasteiger partial charge in [-0.25, -0.2) is 0 Å². The molecule has 116 valence electrons. The Balaban J connectivity index is 1.80. The standard InChI is InChI=1S/C15H23N3O3/c1-12-9-15(10-12,11-16)14(20)18-7-5-17(6-8-18)4-3-13(19)21-2/h12H,3-10H2,1-2H3. The third-order valence-corrected chi connectivity index (χ3v) is 4.54. The van der Waals surface area contributed by atoms with Crippen LogP contribution in [0.1, 0.15) is 26.2 Å². The highest BCUT2D eigenvalue weighted by Crippen LogP contribution is 2.46. The van der Waals surface area contributed by atoms with Crippen molar-refractivity contribution in [3.63, 3.8) is 0 Å². The third-order valence-electron chi connectivity index (χ3n) is 4.54. The zero-order valence-electron chi connectivity index (χ0n) is 12.8. The summed E-state index contributed by atoms with van der Waals surface area (Å²) in [5.74, 6) is 0.256. The van der Waals surface area contributed by atoms with E-state index in [1.165, 1.54) is 7.11 Å². The number of hydrogen-bond acceptors (Lipinski definition) is 5. The number of piperazine rings is 1. The highest BCUT2D eigenvalue weighted by atomic mass is 16.5. The second-order valence-corrected chi connectivity index (χ2v) is 6.17. The second-order valence-electron chi connectivity index (χ2n) is 6.17. The summed E-state index contributed by atoms with van der Waals surface area (Å²) in [7, 11) is 1.39. The lowest BCUT2D eigenvalue weighted by Gasteiger charge is -2.44. The molecule has 2 aliphatic rings. The van der Waals surface area contributed by atoms with Crippen LogP contribution in [0.3, 0.4) is 0 Å². The first-order chi connectivity index (χ1) is 10.0. The van der Waals surface area contributed by atoms with Gasteiger partial charge in [-0.05, 0) is 18.8 Å². The highest BCUT2D eigenvalue weighted by Gasteiger charge is 2.50. The Hall–Kier alpha value is -1.61. The first-order valence-corrected chi connectivity index (χ1v) is 7.50. The Morgan fingerprint density at radius 1 is 1.29 bits per heavy atom. The molecule has 1 saturated carbocycles. The molecule has 0 spiro atoms. The number of ether oxygens (including phenoxy) is 1. The van der Waals surface area contributed by atoms with Gasteiger partial charge in [0.2, 0.25) is 5.91 Å². The fraction of sp³-hybridized carbons (Fsp3) is 0.800. The number of amides is 1. The van der Waals surface area contributed by atoms with Crippen LogP contribution in [-0.4, -0.2) is 61.5 Å². The molecule has 1 saturated heterocycles. The van der Waals surface area contributed by atoms with Crippen molar-refractivity contribution in [2.24, 2.45) is 11.3 Å². The molecule has 6 nitrogen and oxygen atoms in total. The van der Waals surface area contributed by atoms with Crippen LogP contribution in [0.4, 0.5) is 0 Å². The van der Waals surface area contributed by atoms with Crippen LogP contribution in [0.2, 0.25) is 0 Å². The van der Waals surface area contributed by atoms with E-state index in [0.29, 0.717) is 44.8 Å². The second kappa shape index (κ2) is 6.44. The van der Waals surface area contributed by atoms with E-state index in [9.17, 15) is 14.9 Å². The summed E-state index contributed by atoms with van der Waals surface area (Å²) in [5.41, 5.74) is -0.770. The molecular weight excluding hydrogens is 270 g/mol. The minimum absolute atomic E-state index is 0.00396. The summed E-state index contributed by atoms with van der Waals surface area (Å²) in [4.78, 5) is 27.6. The van der Waals surface area contributed by atoms with E-state index in [1.54, 1.807) is 0 Å². The Labute approximate surface area is 125 Å². The summed E-state index contributed by atoms with van der Waals surface area (Å²) in [6.45, 7) is 5.51. The van der Waals surface area contributed by atoms with Crippen LogP contribution in [0, 0.1) is 22.7 Å². The predicted molar refractivity (Wildman–Crippen MR) is 76.1 cm³/mol. The maximum Gasteiger partial charge on any atom is 0.306 e. The molecule has 6 heteroatoms. The molecule has 2 fully saturated rings.